The summed E-state index contributed by atoms with van der Waals surface area (Å²) in [6, 6.07) is 0. The van der Waals surface area contributed by atoms with E-state index in [1.54, 1.807) is 0 Å². The van der Waals surface area contributed by atoms with Crippen LogP contribution in [0.4, 0.5) is 0 Å². The quantitative estimate of drug-likeness (QED) is 0.766. The van der Waals surface area contributed by atoms with Crippen LogP contribution in [0.5, 0.6) is 0 Å². The number of hydrogen-bond donors (Lipinski definition) is 1. The number of hydrogen-bond acceptors (Lipinski definition) is 1. The van der Waals surface area contributed by atoms with E-state index in [-0.39, 0.29) is 5.54 Å². The minimum absolute atomic E-state index is 0.0496. The Morgan fingerprint density at radius 3 is 1.86 bits per heavy atom. The van der Waals surface area contributed by atoms with Crippen LogP contribution in [0.1, 0.15) is 20.8 Å². The summed E-state index contributed by atoms with van der Waals surface area (Å²) in [6.45, 7) is 5.99. The van der Waals surface area contributed by atoms with E-state index in [0.717, 1.165) is 0 Å². The second kappa shape index (κ2) is 2.64. The summed E-state index contributed by atoms with van der Waals surface area (Å²) in [6.07, 6.45) is 0. The molecule has 0 saturated carbocycles. The molecule has 0 amide bonds. The Morgan fingerprint density at radius 1 is 1.43 bits per heavy atom. The van der Waals surface area contributed by atoms with E-state index in [9.17, 15) is 3.54 Å². The Bertz CT molecular complexity index is 66.6. The summed E-state index contributed by atoms with van der Waals surface area (Å²) >= 11 is -1.19. The first-order valence-corrected chi connectivity index (χ1v) is 4.38. The van der Waals surface area contributed by atoms with E-state index in [4.69, 9.17) is 0 Å². The molecule has 0 radical (unpaired) electrons. The molecule has 0 unspecified atom stereocenters. The molecular weight excluding hydrogens is 268 g/mol. The molecule has 0 fully saturated rings. The SMILES string of the molecule is CC(C)(C)[NH][Os]=[O]. The van der Waals surface area contributed by atoms with E-state index in [1.807, 2.05) is 20.8 Å². The summed E-state index contributed by atoms with van der Waals surface area (Å²) in [5.74, 6) is 0. The first kappa shape index (κ1) is 7.40. The predicted molar refractivity (Wildman–Crippen MR) is 23.6 cm³/mol. The Labute approximate surface area is 52.0 Å². The van der Waals surface area contributed by atoms with Crippen LogP contribution in [-0.4, -0.2) is 5.54 Å². The molecule has 45 valence electrons. The van der Waals surface area contributed by atoms with Gasteiger partial charge in [0.25, 0.3) is 0 Å². The fourth-order valence-corrected chi connectivity index (χ4v) is 0.886. The first-order valence-electron chi connectivity index (χ1n) is 2.07. The molecule has 0 aromatic carbocycles. The first-order chi connectivity index (χ1) is 3.06. The van der Waals surface area contributed by atoms with Gasteiger partial charge in [0, 0.05) is 0 Å². The minimum atomic E-state index is -1.19. The van der Waals surface area contributed by atoms with Gasteiger partial charge >= 0.3 is 51.5 Å². The molecule has 0 spiro atoms. The third kappa shape index (κ3) is 6.40. The van der Waals surface area contributed by atoms with Gasteiger partial charge in [-0.05, 0) is 0 Å². The standard InChI is InChI=1S/C4H10N.O.Os/c1-4(2,3)5;;/h5H,1-3H3;;/q-1;;+1. The van der Waals surface area contributed by atoms with Gasteiger partial charge in [0.15, 0.2) is 0 Å². The van der Waals surface area contributed by atoms with E-state index in [2.05, 4.69) is 4.02 Å². The van der Waals surface area contributed by atoms with Crippen LogP contribution in [0.15, 0.2) is 0 Å². The Balaban J connectivity index is 3.34. The molecule has 7 heavy (non-hydrogen) atoms. The number of rotatable bonds is 1. The predicted octanol–water partition coefficient (Wildman–Crippen LogP) is 0.718. The van der Waals surface area contributed by atoms with E-state index in [1.165, 1.54) is 0 Å². The van der Waals surface area contributed by atoms with E-state index in [0.29, 0.717) is 0 Å². The van der Waals surface area contributed by atoms with Crippen LogP contribution >= 0.6 is 0 Å². The molecule has 0 aromatic rings. The Morgan fingerprint density at radius 2 is 1.86 bits per heavy atom. The second-order valence-electron chi connectivity index (χ2n) is 2.41. The van der Waals surface area contributed by atoms with Crippen molar-refractivity contribution in [2.45, 2.75) is 26.3 Å². The van der Waals surface area contributed by atoms with Gasteiger partial charge in [0.05, 0.1) is 0 Å². The van der Waals surface area contributed by atoms with Gasteiger partial charge < -0.3 is 0 Å². The average Bonchev–Trinajstić information content (AvgIpc) is 1.30. The topological polar surface area (TPSA) is 29.1 Å². The maximum absolute atomic E-state index is 9.97. The Hall–Kier alpha value is 0.396. The van der Waals surface area contributed by atoms with Crippen LogP contribution in [-0.2, 0) is 21.1 Å². The van der Waals surface area contributed by atoms with Gasteiger partial charge in [0.1, 0.15) is 0 Å². The molecule has 0 bridgehead atoms. The third-order valence-corrected chi connectivity index (χ3v) is 2.47. The van der Waals surface area contributed by atoms with Crippen molar-refractivity contribution < 1.29 is 21.1 Å². The molecule has 0 aliphatic rings. The molecule has 1 N–H and O–H groups in total. The summed E-state index contributed by atoms with van der Waals surface area (Å²) < 4.78 is 12.8. The third-order valence-electron chi connectivity index (χ3n) is 0.301. The van der Waals surface area contributed by atoms with Crippen molar-refractivity contribution in [2.75, 3.05) is 0 Å². The van der Waals surface area contributed by atoms with Crippen molar-refractivity contribution in [1.82, 2.24) is 4.02 Å². The summed E-state index contributed by atoms with van der Waals surface area (Å²) in [5.41, 5.74) is 0.0496. The van der Waals surface area contributed by atoms with Crippen molar-refractivity contribution in [3.63, 3.8) is 0 Å². The maximum atomic E-state index is 9.97. The van der Waals surface area contributed by atoms with Gasteiger partial charge in [-0.2, -0.15) is 0 Å². The normalized spacial score (nSPS) is 11.9. The molecule has 0 aliphatic heterocycles. The van der Waals surface area contributed by atoms with Crippen LogP contribution in [0.2, 0.25) is 0 Å². The van der Waals surface area contributed by atoms with Crippen molar-refractivity contribution >= 4 is 0 Å². The zero-order valence-electron chi connectivity index (χ0n) is 4.76. The Kier molecular flexibility index (Phi) is 2.79. The van der Waals surface area contributed by atoms with Crippen molar-refractivity contribution in [1.29, 1.82) is 0 Å². The van der Waals surface area contributed by atoms with Crippen LogP contribution in [0.3, 0.4) is 0 Å². The van der Waals surface area contributed by atoms with Crippen molar-refractivity contribution in [3.8, 4) is 0 Å². The molecule has 0 saturated heterocycles. The molecule has 2 nitrogen and oxygen atoms in total. The van der Waals surface area contributed by atoms with Crippen LogP contribution in [0.25, 0.3) is 0 Å². The van der Waals surface area contributed by atoms with Gasteiger partial charge in [-0.25, -0.2) is 0 Å². The molecular formula is C4H10NOOs. The molecule has 3 heteroatoms. The van der Waals surface area contributed by atoms with E-state index < -0.39 is 17.6 Å². The van der Waals surface area contributed by atoms with Crippen molar-refractivity contribution in [2.24, 2.45) is 0 Å². The molecule has 0 aliphatic carbocycles. The van der Waals surface area contributed by atoms with Gasteiger partial charge in [-0.1, -0.05) is 0 Å². The number of nitrogens with one attached hydrogen (secondary N) is 1. The molecule has 0 rings (SSSR count). The zero-order valence-corrected chi connectivity index (χ0v) is 7.30. The van der Waals surface area contributed by atoms with Gasteiger partial charge in [-0.15, -0.1) is 0 Å². The summed E-state index contributed by atoms with van der Waals surface area (Å²) in [7, 11) is 0. The van der Waals surface area contributed by atoms with Crippen LogP contribution < -0.4 is 4.02 Å². The van der Waals surface area contributed by atoms with E-state index >= 15 is 0 Å². The van der Waals surface area contributed by atoms with Gasteiger partial charge in [-0.3, -0.25) is 0 Å². The molecule has 0 heterocycles. The van der Waals surface area contributed by atoms with Gasteiger partial charge in [0.2, 0.25) is 0 Å². The fourth-order valence-electron chi connectivity index (χ4n) is 0.108. The summed E-state index contributed by atoms with van der Waals surface area (Å²) in [4.78, 5) is 0. The van der Waals surface area contributed by atoms with Crippen molar-refractivity contribution in [3.05, 3.63) is 0 Å². The monoisotopic (exact) mass is 280 g/mol. The average molecular weight is 278 g/mol. The molecule has 0 aromatic heterocycles. The molecule has 0 atom stereocenters. The van der Waals surface area contributed by atoms with Crippen LogP contribution in [0, 0.1) is 0 Å². The summed E-state index contributed by atoms with van der Waals surface area (Å²) in [5, 5.41) is 0. The zero-order chi connectivity index (χ0) is 5.91. The second-order valence-corrected chi connectivity index (χ2v) is 3.56. The fraction of sp³-hybridized carbons (Fsp3) is 1.00.